The van der Waals surface area contributed by atoms with Crippen molar-refractivity contribution >= 4 is 16.1 Å². The highest BCUT2D eigenvalue weighted by molar-refractivity contribution is 7.90. The van der Waals surface area contributed by atoms with Crippen LogP contribution in [0.4, 0.5) is 4.79 Å². The van der Waals surface area contributed by atoms with Crippen LogP contribution in [0.1, 0.15) is 40.2 Å². The minimum absolute atomic E-state index is 0.0528. The summed E-state index contributed by atoms with van der Waals surface area (Å²) in [7, 11) is -4.07. The topological polar surface area (TPSA) is 92.7 Å². The van der Waals surface area contributed by atoms with Crippen LogP contribution >= 0.6 is 0 Å². The van der Waals surface area contributed by atoms with Crippen molar-refractivity contribution in [2.75, 3.05) is 0 Å². The van der Waals surface area contributed by atoms with E-state index < -0.39 is 27.3 Å². The molecular weight excluding hydrogens is 306 g/mol. The molecule has 0 spiro atoms. The fourth-order valence-corrected chi connectivity index (χ4v) is 2.96. The van der Waals surface area contributed by atoms with Crippen LogP contribution < -0.4 is 4.72 Å². The zero-order valence-electron chi connectivity index (χ0n) is 13.5. The van der Waals surface area contributed by atoms with Gasteiger partial charge >= 0.3 is 6.09 Å². The third kappa shape index (κ3) is 6.03. The van der Waals surface area contributed by atoms with Crippen LogP contribution in [0.15, 0.2) is 29.2 Å². The van der Waals surface area contributed by atoms with Gasteiger partial charge in [0, 0.05) is 6.42 Å². The maximum atomic E-state index is 12.3. The second-order valence-corrected chi connectivity index (χ2v) is 8.36. The van der Waals surface area contributed by atoms with Crippen LogP contribution in [0.5, 0.6) is 0 Å². The molecule has 7 heteroatoms. The van der Waals surface area contributed by atoms with Crippen molar-refractivity contribution in [3.63, 3.8) is 0 Å². The molecule has 0 unspecified atom stereocenters. The van der Waals surface area contributed by atoms with Crippen molar-refractivity contribution in [2.24, 2.45) is 0 Å². The molecule has 22 heavy (non-hydrogen) atoms. The third-order valence-corrected chi connectivity index (χ3v) is 3.91. The molecule has 1 rings (SSSR count). The molecular formula is C15H23NO5S. The quantitative estimate of drug-likeness (QED) is 0.883. The summed E-state index contributed by atoms with van der Waals surface area (Å²) in [6, 6.07) is 6.21. The number of nitrogens with one attached hydrogen (secondary N) is 1. The molecule has 6 nitrogen and oxygen atoms in total. The maximum Gasteiger partial charge on any atom is 0.421 e. The van der Waals surface area contributed by atoms with Gasteiger partial charge in [0.1, 0.15) is 5.60 Å². The molecule has 2 N–H and O–H groups in total. The fraction of sp³-hybridized carbons (Fsp3) is 0.533. The van der Waals surface area contributed by atoms with Gasteiger partial charge in [0.2, 0.25) is 0 Å². The van der Waals surface area contributed by atoms with Crippen LogP contribution in [0.2, 0.25) is 0 Å². The SMILES string of the molecule is CC(C)(O)Cc1ccccc1S(=O)(=O)NC(=O)OC(C)(C)C. The van der Waals surface area contributed by atoms with E-state index in [0.717, 1.165) is 0 Å². The van der Waals surface area contributed by atoms with Gasteiger partial charge in [-0.1, -0.05) is 18.2 Å². The molecule has 0 aliphatic rings. The number of rotatable bonds is 4. The van der Waals surface area contributed by atoms with Gasteiger partial charge in [-0.05, 0) is 46.2 Å². The van der Waals surface area contributed by atoms with E-state index in [1.165, 1.54) is 6.07 Å². The van der Waals surface area contributed by atoms with Crippen LogP contribution in [-0.2, 0) is 21.2 Å². The van der Waals surface area contributed by atoms with E-state index in [4.69, 9.17) is 4.74 Å². The molecule has 0 radical (unpaired) electrons. The molecule has 0 bridgehead atoms. The van der Waals surface area contributed by atoms with Crippen molar-refractivity contribution in [1.29, 1.82) is 0 Å². The maximum absolute atomic E-state index is 12.3. The molecule has 0 saturated carbocycles. The van der Waals surface area contributed by atoms with Crippen LogP contribution in [0.25, 0.3) is 0 Å². The lowest BCUT2D eigenvalue weighted by Gasteiger charge is -2.21. The van der Waals surface area contributed by atoms with Crippen molar-refractivity contribution in [1.82, 2.24) is 4.72 Å². The lowest BCUT2D eigenvalue weighted by molar-refractivity contribution is 0.0570. The number of carbonyl (C=O) groups excluding carboxylic acids is 1. The van der Waals surface area contributed by atoms with E-state index in [1.54, 1.807) is 52.8 Å². The minimum Gasteiger partial charge on any atom is -0.443 e. The van der Waals surface area contributed by atoms with Gasteiger partial charge in [-0.2, -0.15) is 0 Å². The smallest absolute Gasteiger partial charge is 0.421 e. The summed E-state index contributed by atoms with van der Waals surface area (Å²) < 4.78 is 31.5. The Morgan fingerprint density at radius 3 is 2.23 bits per heavy atom. The van der Waals surface area contributed by atoms with Crippen LogP contribution in [0.3, 0.4) is 0 Å². The van der Waals surface area contributed by atoms with Gasteiger partial charge in [-0.15, -0.1) is 0 Å². The van der Waals surface area contributed by atoms with Crippen LogP contribution in [-0.4, -0.2) is 30.8 Å². The van der Waals surface area contributed by atoms with E-state index in [1.807, 2.05) is 4.72 Å². The van der Waals surface area contributed by atoms with E-state index in [0.29, 0.717) is 5.56 Å². The Morgan fingerprint density at radius 2 is 1.73 bits per heavy atom. The van der Waals surface area contributed by atoms with Gasteiger partial charge in [-0.25, -0.2) is 17.9 Å². The highest BCUT2D eigenvalue weighted by Gasteiger charge is 2.26. The summed E-state index contributed by atoms with van der Waals surface area (Å²) in [6.45, 7) is 8.08. The number of aliphatic hydroxyl groups is 1. The molecule has 1 aromatic rings. The summed E-state index contributed by atoms with van der Waals surface area (Å²) in [4.78, 5) is 11.6. The highest BCUT2D eigenvalue weighted by Crippen LogP contribution is 2.21. The standard InChI is InChI=1S/C15H23NO5S/c1-14(2,3)21-13(17)16-22(19,20)12-9-7-6-8-11(12)10-15(4,5)18/h6-9,18H,10H2,1-5H3,(H,16,17). The number of ether oxygens (including phenoxy) is 1. The zero-order chi connectivity index (χ0) is 17.2. The van der Waals surface area contributed by atoms with Gasteiger partial charge in [0.25, 0.3) is 10.0 Å². The molecule has 124 valence electrons. The molecule has 0 aliphatic heterocycles. The van der Waals surface area contributed by atoms with Crippen LogP contribution in [0, 0.1) is 0 Å². The predicted molar refractivity (Wildman–Crippen MR) is 83.0 cm³/mol. The molecule has 0 heterocycles. The number of amides is 1. The summed E-state index contributed by atoms with van der Waals surface area (Å²) >= 11 is 0. The largest absolute Gasteiger partial charge is 0.443 e. The van der Waals surface area contributed by atoms with Gasteiger partial charge in [-0.3, -0.25) is 0 Å². The van der Waals surface area contributed by atoms with E-state index >= 15 is 0 Å². The summed E-state index contributed by atoms with van der Waals surface area (Å²) in [5.41, 5.74) is -1.45. The second kappa shape index (κ2) is 6.26. The Bertz CT molecular complexity index is 639. The Kier molecular flexibility index (Phi) is 5.25. The number of hydrogen-bond acceptors (Lipinski definition) is 5. The molecule has 1 amide bonds. The lowest BCUT2D eigenvalue weighted by Crippen LogP contribution is -2.37. The van der Waals surface area contributed by atoms with Gasteiger partial charge in [0.15, 0.2) is 0 Å². The predicted octanol–water partition coefficient (Wildman–Crippen LogP) is 2.21. The second-order valence-electron chi connectivity index (χ2n) is 6.70. The summed E-state index contributed by atoms with van der Waals surface area (Å²) in [5.74, 6) is 0. The van der Waals surface area contributed by atoms with Crippen molar-refractivity contribution in [2.45, 2.75) is 57.1 Å². The first-order valence-corrected chi connectivity index (χ1v) is 8.35. The molecule has 0 fully saturated rings. The molecule has 0 atom stereocenters. The minimum atomic E-state index is -4.07. The molecule has 0 aromatic heterocycles. The first-order chi connectivity index (χ1) is 9.80. The number of sulfonamides is 1. The highest BCUT2D eigenvalue weighted by atomic mass is 32.2. The Balaban J connectivity index is 3.06. The van der Waals surface area contributed by atoms with E-state index in [9.17, 15) is 18.3 Å². The van der Waals surface area contributed by atoms with E-state index in [-0.39, 0.29) is 11.3 Å². The van der Waals surface area contributed by atoms with Crippen molar-refractivity contribution in [3.05, 3.63) is 29.8 Å². The average Bonchev–Trinajstić information content (AvgIpc) is 2.23. The molecule has 0 aliphatic carbocycles. The lowest BCUT2D eigenvalue weighted by atomic mass is 9.99. The van der Waals surface area contributed by atoms with Gasteiger partial charge in [0.05, 0.1) is 10.5 Å². The molecule has 0 saturated heterocycles. The first kappa shape index (κ1) is 18.4. The third-order valence-electron chi connectivity index (χ3n) is 2.50. The summed E-state index contributed by atoms with van der Waals surface area (Å²) in [6.07, 6.45) is -0.899. The zero-order valence-corrected chi connectivity index (χ0v) is 14.3. The van der Waals surface area contributed by atoms with E-state index in [2.05, 4.69) is 0 Å². The first-order valence-electron chi connectivity index (χ1n) is 6.86. The average molecular weight is 329 g/mol. The number of hydrogen-bond donors (Lipinski definition) is 2. The monoisotopic (exact) mass is 329 g/mol. The fourth-order valence-electron chi connectivity index (χ4n) is 1.84. The Hall–Kier alpha value is -1.60. The van der Waals surface area contributed by atoms with Crippen molar-refractivity contribution < 1.29 is 23.1 Å². The number of benzene rings is 1. The Morgan fingerprint density at radius 1 is 1.18 bits per heavy atom. The number of carbonyl (C=O) groups is 1. The van der Waals surface area contributed by atoms with Gasteiger partial charge < -0.3 is 9.84 Å². The Labute approximate surface area is 131 Å². The normalized spacial score (nSPS) is 12.8. The summed E-state index contributed by atoms with van der Waals surface area (Å²) in [5, 5.41) is 9.89. The van der Waals surface area contributed by atoms with Crippen molar-refractivity contribution in [3.8, 4) is 0 Å². The molecule has 1 aromatic carbocycles.